The number of nitrogens with one attached hydrogen (secondary N) is 1. The van der Waals surface area contributed by atoms with E-state index in [9.17, 15) is 9.59 Å². The Morgan fingerprint density at radius 3 is 2.76 bits per heavy atom. The summed E-state index contributed by atoms with van der Waals surface area (Å²) in [5.41, 5.74) is 3.12. The maximum Gasteiger partial charge on any atom is 0.415 e. The van der Waals surface area contributed by atoms with Crippen molar-refractivity contribution >= 4 is 23.8 Å². The zero-order chi connectivity index (χ0) is 23.5. The molecule has 9 nitrogen and oxygen atoms in total. The van der Waals surface area contributed by atoms with Crippen LogP contribution in [0.1, 0.15) is 36.6 Å². The number of likely N-dealkylation sites (N-methyl/N-ethyl adjacent to an activating group) is 1. The van der Waals surface area contributed by atoms with Crippen molar-refractivity contribution in [3.05, 3.63) is 59.8 Å². The van der Waals surface area contributed by atoms with Gasteiger partial charge in [-0.25, -0.2) is 9.78 Å². The number of benzene rings is 1. The summed E-state index contributed by atoms with van der Waals surface area (Å²) in [6, 6.07) is 8.81. The Hall–Kier alpha value is -3.46. The van der Waals surface area contributed by atoms with Gasteiger partial charge in [-0.15, -0.1) is 0 Å². The van der Waals surface area contributed by atoms with Crippen LogP contribution in [-0.4, -0.2) is 64.5 Å². The molecule has 33 heavy (non-hydrogen) atoms. The van der Waals surface area contributed by atoms with E-state index in [1.54, 1.807) is 11.1 Å². The molecule has 0 saturated carbocycles. The Kier molecular flexibility index (Phi) is 6.60. The fourth-order valence-corrected chi connectivity index (χ4v) is 4.03. The molecule has 1 aromatic heterocycles. The van der Waals surface area contributed by atoms with Gasteiger partial charge in [-0.05, 0) is 38.1 Å². The van der Waals surface area contributed by atoms with Gasteiger partial charge in [0, 0.05) is 38.4 Å². The van der Waals surface area contributed by atoms with Crippen molar-refractivity contribution < 1.29 is 14.3 Å². The van der Waals surface area contributed by atoms with Crippen molar-refractivity contribution in [2.45, 2.75) is 39.1 Å². The molecular weight excluding hydrogens is 420 g/mol. The predicted molar refractivity (Wildman–Crippen MR) is 126 cm³/mol. The number of carbonyl (C=O) groups is 2. The van der Waals surface area contributed by atoms with Crippen LogP contribution >= 0.6 is 0 Å². The quantitative estimate of drug-likeness (QED) is 0.619. The average Bonchev–Trinajstić information content (AvgIpc) is 2.78. The first-order valence-corrected chi connectivity index (χ1v) is 11.2. The van der Waals surface area contributed by atoms with Gasteiger partial charge in [0.05, 0.1) is 11.6 Å². The average molecular weight is 451 g/mol. The van der Waals surface area contributed by atoms with Crippen LogP contribution in [0.2, 0.25) is 0 Å². The van der Waals surface area contributed by atoms with E-state index in [2.05, 4.69) is 65.0 Å². The lowest BCUT2D eigenvalue weighted by Crippen LogP contribution is -2.59. The second kappa shape index (κ2) is 9.58. The number of aromatic nitrogens is 2. The van der Waals surface area contributed by atoms with Gasteiger partial charge >= 0.3 is 6.09 Å². The number of nitrogens with zero attached hydrogens (tertiary/aromatic N) is 5. The molecule has 2 aliphatic heterocycles. The van der Waals surface area contributed by atoms with E-state index in [-0.39, 0.29) is 24.6 Å². The van der Waals surface area contributed by atoms with Crippen molar-refractivity contribution in [3.8, 4) is 0 Å². The van der Waals surface area contributed by atoms with E-state index < -0.39 is 0 Å². The van der Waals surface area contributed by atoms with E-state index in [1.807, 2.05) is 6.92 Å². The highest BCUT2D eigenvalue weighted by molar-refractivity contribution is 5.89. The van der Waals surface area contributed by atoms with Crippen molar-refractivity contribution in [3.63, 3.8) is 0 Å². The standard InChI is InChI=1S/C24H30N6O3/c1-5-21(31)29-13-20(14-29)28(4)12-17-7-9-18(10-8-17)16(3)26-23-25-11-19-15-33-24(32)30(6-2)22(19)27-23/h5,7-11,16,20H,1,6,12-15H2,2-4H3,(H,25,26,27)/t16-/m0/s1. The summed E-state index contributed by atoms with van der Waals surface area (Å²) in [6.07, 6.45) is 2.69. The lowest BCUT2D eigenvalue weighted by molar-refractivity contribution is -0.132. The van der Waals surface area contributed by atoms with Crippen LogP contribution in [0, 0.1) is 0 Å². The number of ether oxygens (including phenoxy) is 1. The van der Waals surface area contributed by atoms with Crippen LogP contribution in [0.3, 0.4) is 0 Å². The monoisotopic (exact) mass is 450 g/mol. The van der Waals surface area contributed by atoms with Crippen molar-refractivity contribution in [2.24, 2.45) is 0 Å². The van der Waals surface area contributed by atoms with Gasteiger partial charge in [0.15, 0.2) is 0 Å². The summed E-state index contributed by atoms with van der Waals surface area (Å²) in [5.74, 6) is 1.07. The highest BCUT2D eigenvalue weighted by Gasteiger charge is 2.32. The minimum absolute atomic E-state index is 0.00395. The normalized spacial score (nSPS) is 16.7. The van der Waals surface area contributed by atoms with E-state index in [0.29, 0.717) is 24.4 Å². The number of anilines is 2. The molecule has 0 unspecified atom stereocenters. The fourth-order valence-electron chi connectivity index (χ4n) is 4.03. The molecule has 0 radical (unpaired) electrons. The molecular formula is C24H30N6O3. The minimum atomic E-state index is -0.384. The molecule has 4 rings (SSSR count). The molecule has 2 amide bonds. The SMILES string of the molecule is C=CC(=O)N1CC(N(C)Cc2ccc([C@H](C)Nc3ncc4c(n3)N(CC)C(=O)OC4)cc2)C1. The Bertz CT molecular complexity index is 1030. The third kappa shape index (κ3) is 4.83. The number of carbonyl (C=O) groups excluding carboxylic acids is 2. The van der Waals surface area contributed by atoms with Crippen LogP contribution < -0.4 is 10.2 Å². The lowest BCUT2D eigenvalue weighted by atomic mass is 10.0. The fraction of sp³-hybridized carbons (Fsp3) is 0.417. The molecule has 0 spiro atoms. The maximum absolute atomic E-state index is 12.0. The van der Waals surface area contributed by atoms with E-state index in [1.165, 1.54) is 16.5 Å². The Morgan fingerprint density at radius 2 is 2.09 bits per heavy atom. The van der Waals surface area contributed by atoms with Crippen LogP contribution in [0.5, 0.6) is 0 Å². The number of amides is 2. The number of rotatable bonds is 8. The summed E-state index contributed by atoms with van der Waals surface area (Å²) in [4.78, 5) is 38.1. The Morgan fingerprint density at radius 1 is 1.36 bits per heavy atom. The number of hydrogen-bond acceptors (Lipinski definition) is 7. The molecule has 2 aromatic rings. The molecule has 1 saturated heterocycles. The second-order valence-corrected chi connectivity index (χ2v) is 8.47. The number of likely N-dealkylation sites (tertiary alicyclic amines) is 1. The van der Waals surface area contributed by atoms with Crippen molar-refractivity contribution in [2.75, 3.05) is 36.9 Å². The van der Waals surface area contributed by atoms with Crippen LogP contribution in [-0.2, 0) is 22.7 Å². The Labute approximate surface area is 194 Å². The van der Waals surface area contributed by atoms with Gasteiger partial charge < -0.3 is 15.0 Å². The molecule has 0 bridgehead atoms. The maximum atomic E-state index is 12.0. The van der Waals surface area contributed by atoms with Gasteiger partial charge in [-0.2, -0.15) is 4.98 Å². The van der Waals surface area contributed by atoms with E-state index in [0.717, 1.165) is 30.8 Å². The molecule has 174 valence electrons. The first-order chi connectivity index (χ1) is 15.9. The molecule has 9 heteroatoms. The van der Waals surface area contributed by atoms with Crippen molar-refractivity contribution in [1.29, 1.82) is 0 Å². The summed E-state index contributed by atoms with van der Waals surface area (Å²) in [5, 5.41) is 3.33. The first-order valence-electron chi connectivity index (χ1n) is 11.2. The summed E-state index contributed by atoms with van der Waals surface area (Å²) >= 11 is 0. The summed E-state index contributed by atoms with van der Waals surface area (Å²) in [7, 11) is 2.08. The largest absolute Gasteiger partial charge is 0.444 e. The van der Waals surface area contributed by atoms with Gasteiger partial charge in [0.2, 0.25) is 11.9 Å². The highest BCUT2D eigenvalue weighted by atomic mass is 16.6. The minimum Gasteiger partial charge on any atom is -0.444 e. The van der Waals surface area contributed by atoms with Crippen LogP contribution in [0.15, 0.2) is 43.1 Å². The van der Waals surface area contributed by atoms with Gasteiger partial charge in [0.1, 0.15) is 12.4 Å². The topological polar surface area (TPSA) is 90.9 Å². The highest BCUT2D eigenvalue weighted by Crippen LogP contribution is 2.26. The van der Waals surface area contributed by atoms with Crippen LogP contribution in [0.4, 0.5) is 16.6 Å². The molecule has 1 N–H and O–H groups in total. The Balaban J connectivity index is 1.35. The zero-order valence-corrected chi connectivity index (χ0v) is 19.3. The molecule has 1 aromatic carbocycles. The number of hydrogen-bond donors (Lipinski definition) is 1. The third-order valence-electron chi connectivity index (χ3n) is 6.21. The van der Waals surface area contributed by atoms with Gasteiger partial charge in [0.25, 0.3) is 0 Å². The third-order valence-corrected chi connectivity index (χ3v) is 6.21. The van der Waals surface area contributed by atoms with Gasteiger partial charge in [-0.3, -0.25) is 14.6 Å². The molecule has 1 fully saturated rings. The van der Waals surface area contributed by atoms with Crippen LogP contribution in [0.25, 0.3) is 0 Å². The van der Waals surface area contributed by atoms with Gasteiger partial charge in [-0.1, -0.05) is 30.8 Å². The molecule has 1 atom stereocenters. The van der Waals surface area contributed by atoms with E-state index in [4.69, 9.17) is 4.74 Å². The number of cyclic esters (lactones) is 1. The zero-order valence-electron chi connectivity index (χ0n) is 19.3. The summed E-state index contributed by atoms with van der Waals surface area (Å²) < 4.78 is 5.14. The smallest absolute Gasteiger partial charge is 0.415 e. The lowest BCUT2D eigenvalue weighted by Gasteiger charge is -2.43. The predicted octanol–water partition coefficient (Wildman–Crippen LogP) is 2.95. The van der Waals surface area contributed by atoms with Crippen molar-refractivity contribution in [1.82, 2.24) is 19.8 Å². The molecule has 2 aliphatic rings. The number of fused-ring (bicyclic) bond motifs is 1. The molecule has 0 aliphatic carbocycles. The molecule has 3 heterocycles. The summed E-state index contributed by atoms with van der Waals surface area (Å²) in [6.45, 7) is 10.5. The first kappa shape index (κ1) is 22.7. The second-order valence-electron chi connectivity index (χ2n) is 8.47. The van der Waals surface area contributed by atoms with E-state index >= 15 is 0 Å².